The Morgan fingerprint density at radius 3 is 0.871 bits per heavy atom. The average Bonchev–Trinajstić information content (AvgIpc) is 3.89. The lowest BCUT2D eigenvalue weighted by molar-refractivity contribution is -0.144. The zero-order chi connectivity index (χ0) is 51.8. The number of ether oxygens (including phenoxy) is 2. The highest BCUT2D eigenvalue weighted by Gasteiger charge is 2.44. The summed E-state index contributed by atoms with van der Waals surface area (Å²) in [6.45, 7) is 0. The Hall–Kier alpha value is -8.52. The number of nitrogens with zero attached hydrogens (tertiary/aromatic N) is 4. The first-order chi connectivity index (χ1) is 32.3. The Labute approximate surface area is 377 Å². The normalized spacial score (nSPS) is 13.6. The standard InChI is InChI=1S/C44H14F18N6O2/c45-39(46,47)21-1-3-27(29(11-21)17-5-23(41(51,52)53)9-24(6-17)42(54,55)56)31-33-36(70-37(67-33)19(13-63)14-64)32(34-35(31)69-38(68-34)20(15-65)16-66)28-4-2-22(40(48,49)50)12-30(28)18-7-25(43(57,58)59)10-26(8-18)44(60,61)62/h1-12,67-68H. The van der Waals surface area contributed by atoms with E-state index in [9.17, 15) is 100 Å². The zero-order valence-electron chi connectivity index (χ0n) is 33.3. The fourth-order valence-electron chi connectivity index (χ4n) is 7.20. The van der Waals surface area contributed by atoms with E-state index in [1.807, 2.05) is 0 Å². The number of anilines is 2. The van der Waals surface area contributed by atoms with E-state index in [0.717, 1.165) is 0 Å². The maximum Gasteiger partial charge on any atom is 0.416 e. The van der Waals surface area contributed by atoms with E-state index < -0.39 is 161 Å². The lowest BCUT2D eigenvalue weighted by atomic mass is 9.85. The monoisotopic (exact) mass is 1000 g/mol. The van der Waals surface area contributed by atoms with Crippen LogP contribution in [0.5, 0.6) is 11.5 Å². The van der Waals surface area contributed by atoms with Crippen LogP contribution in [0.4, 0.5) is 90.4 Å². The van der Waals surface area contributed by atoms with Crippen LogP contribution < -0.4 is 20.1 Å². The molecule has 0 saturated carbocycles. The van der Waals surface area contributed by atoms with Gasteiger partial charge in [-0.25, -0.2) is 0 Å². The van der Waals surface area contributed by atoms with E-state index in [2.05, 4.69) is 10.6 Å². The van der Waals surface area contributed by atoms with Gasteiger partial charge < -0.3 is 20.1 Å². The third-order valence-corrected chi connectivity index (χ3v) is 10.2. The van der Waals surface area contributed by atoms with Gasteiger partial charge in [0.25, 0.3) is 0 Å². The summed E-state index contributed by atoms with van der Waals surface area (Å²) >= 11 is 0. The molecule has 70 heavy (non-hydrogen) atoms. The lowest BCUT2D eigenvalue weighted by Gasteiger charge is -2.22. The number of halogens is 18. The third kappa shape index (κ3) is 9.10. The van der Waals surface area contributed by atoms with E-state index >= 15 is 0 Å². The number of allylic oxidation sites excluding steroid dienone is 2. The van der Waals surface area contributed by atoms with Gasteiger partial charge in [-0.15, -0.1) is 0 Å². The minimum atomic E-state index is -5.60. The highest BCUT2D eigenvalue weighted by Crippen LogP contribution is 2.62. The van der Waals surface area contributed by atoms with Crippen molar-refractivity contribution in [3.05, 3.63) is 129 Å². The molecule has 2 heterocycles. The van der Waals surface area contributed by atoms with Gasteiger partial charge in [0.1, 0.15) is 24.3 Å². The number of nitrogens with one attached hydrogen (secondary N) is 2. The highest BCUT2D eigenvalue weighted by molar-refractivity contribution is 6.09. The molecule has 26 heteroatoms. The van der Waals surface area contributed by atoms with Crippen molar-refractivity contribution >= 4 is 11.4 Å². The second-order valence-electron chi connectivity index (χ2n) is 14.6. The molecule has 0 fully saturated rings. The van der Waals surface area contributed by atoms with Crippen LogP contribution in [0.1, 0.15) is 33.4 Å². The van der Waals surface area contributed by atoms with Crippen LogP contribution in [-0.2, 0) is 37.1 Å². The zero-order valence-corrected chi connectivity index (χ0v) is 33.3. The summed E-state index contributed by atoms with van der Waals surface area (Å²) in [4.78, 5) is 0. The average molecular weight is 1000 g/mol. The molecule has 0 unspecified atom stereocenters. The van der Waals surface area contributed by atoms with E-state index in [0.29, 0.717) is 12.1 Å². The van der Waals surface area contributed by atoms with Gasteiger partial charge in [-0.1, -0.05) is 12.1 Å². The molecule has 0 saturated heterocycles. The van der Waals surface area contributed by atoms with Crippen LogP contribution in [0.25, 0.3) is 44.5 Å². The predicted molar refractivity (Wildman–Crippen MR) is 203 cm³/mol. The summed E-state index contributed by atoms with van der Waals surface area (Å²) in [6.07, 6.45) is -33.2. The number of hydrogen-bond acceptors (Lipinski definition) is 8. The Bertz CT molecular complexity index is 2940. The number of fused-ring (bicyclic) bond motifs is 2. The van der Waals surface area contributed by atoms with Gasteiger partial charge in [0.2, 0.25) is 11.8 Å². The van der Waals surface area contributed by atoms with Gasteiger partial charge in [0.15, 0.2) is 22.6 Å². The van der Waals surface area contributed by atoms with E-state index in [-0.39, 0.29) is 60.7 Å². The summed E-state index contributed by atoms with van der Waals surface area (Å²) in [7, 11) is 0. The number of hydrogen-bond donors (Lipinski definition) is 2. The van der Waals surface area contributed by atoms with Crippen molar-refractivity contribution in [3.63, 3.8) is 0 Å². The van der Waals surface area contributed by atoms with Crippen molar-refractivity contribution in [2.24, 2.45) is 0 Å². The Morgan fingerprint density at radius 2 is 0.629 bits per heavy atom. The van der Waals surface area contributed by atoms with Gasteiger partial charge in [0.05, 0.1) is 55.9 Å². The van der Waals surface area contributed by atoms with Crippen LogP contribution in [-0.4, -0.2) is 0 Å². The van der Waals surface area contributed by atoms with Crippen LogP contribution >= 0.6 is 0 Å². The number of benzene rings is 5. The molecule has 358 valence electrons. The molecule has 0 bridgehead atoms. The van der Waals surface area contributed by atoms with Gasteiger partial charge in [-0.05, 0) is 94.0 Å². The lowest BCUT2D eigenvalue weighted by Crippen LogP contribution is -2.11. The molecule has 0 radical (unpaired) electrons. The molecule has 0 atom stereocenters. The molecular formula is C44H14F18N6O2. The van der Waals surface area contributed by atoms with Crippen molar-refractivity contribution in [2.45, 2.75) is 37.1 Å². The van der Waals surface area contributed by atoms with E-state index in [1.165, 1.54) is 24.3 Å². The quantitative estimate of drug-likeness (QED) is 0.134. The van der Waals surface area contributed by atoms with Crippen LogP contribution in [0.3, 0.4) is 0 Å². The molecule has 0 aromatic heterocycles. The van der Waals surface area contributed by atoms with Gasteiger partial charge in [0, 0.05) is 0 Å². The second kappa shape index (κ2) is 16.6. The van der Waals surface area contributed by atoms with Gasteiger partial charge in [-0.3, -0.25) is 0 Å². The van der Waals surface area contributed by atoms with Gasteiger partial charge in [-0.2, -0.15) is 100 Å². The minimum Gasteiger partial charge on any atom is -0.436 e. The minimum absolute atomic E-state index is 0.0223. The SMILES string of the molecule is N#CC(C#N)=C1Nc2c(c(-c3ccc(C(F)(F)F)cc3-c3cc(C(F)(F)F)cc(C(F)(F)F)c3)c3c(c2-c2ccc(C(F)(F)F)cc2-c2cc(C(F)(F)F)cc(C(F)(F)F)c2)OC(=C(C#N)C#N)N3)O1. The maximum absolute atomic E-state index is 14.4. The smallest absolute Gasteiger partial charge is 0.416 e. The Balaban J connectivity index is 1.72. The first kappa shape index (κ1) is 49.4. The number of nitriles is 4. The molecule has 0 spiro atoms. The van der Waals surface area contributed by atoms with Crippen LogP contribution in [0.2, 0.25) is 0 Å². The molecule has 0 amide bonds. The highest BCUT2D eigenvalue weighted by atomic mass is 19.4. The molecule has 5 aromatic rings. The second-order valence-corrected chi connectivity index (χ2v) is 14.6. The Morgan fingerprint density at radius 1 is 0.357 bits per heavy atom. The largest absolute Gasteiger partial charge is 0.436 e. The first-order valence-electron chi connectivity index (χ1n) is 18.6. The van der Waals surface area contributed by atoms with E-state index in [1.54, 1.807) is 0 Å². The Kier molecular flexibility index (Phi) is 11.7. The first-order valence-corrected chi connectivity index (χ1v) is 18.6. The van der Waals surface area contributed by atoms with Gasteiger partial charge >= 0.3 is 37.1 Å². The van der Waals surface area contributed by atoms with Crippen molar-refractivity contribution in [3.8, 4) is 80.3 Å². The predicted octanol–water partition coefficient (Wildman–Crippen LogP) is 14.6. The molecule has 5 aromatic carbocycles. The maximum atomic E-state index is 14.4. The summed E-state index contributed by atoms with van der Waals surface area (Å²) in [5.41, 5.74) is -23.4. The fraction of sp³-hybridized carbons (Fsp3) is 0.136. The molecular weight excluding hydrogens is 986 g/mol. The fourth-order valence-corrected chi connectivity index (χ4v) is 7.20. The third-order valence-electron chi connectivity index (χ3n) is 10.2. The molecule has 8 nitrogen and oxygen atoms in total. The topological polar surface area (TPSA) is 138 Å². The van der Waals surface area contributed by atoms with Crippen molar-refractivity contribution in [2.75, 3.05) is 10.6 Å². The number of alkyl halides is 18. The van der Waals surface area contributed by atoms with E-state index in [4.69, 9.17) is 9.47 Å². The van der Waals surface area contributed by atoms with Crippen molar-refractivity contribution in [1.29, 1.82) is 21.0 Å². The molecule has 2 N–H and O–H groups in total. The molecule has 0 aliphatic carbocycles. The molecule has 2 aliphatic heterocycles. The molecule has 7 rings (SSSR count). The van der Waals surface area contributed by atoms with Crippen LogP contribution in [0.15, 0.2) is 95.7 Å². The van der Waals surface area contributed by atoms with Crippen LogP contribution in [0, 0.1) is 45.3 Å². The summed E-state index contributed by atoms with van der Waals surface area (Å²) in [5.74, 6) is -3.82. The summed E-state index contributed by atoms with van der Waals surface area (Å²) in [6, 6.07) is 6.53. The summed E-state index contributed by atoms with van der Waals surface area (Å²) in [5, 5.41) is 43.9. The van der Waals surface area contributed by atoms with Crippen molar-refractivity contribution < 1.29 is 88.5 Å². The van der Waals surface area contributed by atoms with Crippen molar-refractivity contribution in [1.82, 2.24) is 0 Å². The summed E-state index contributed by atoms with van der Waals surface area (Å²) < 4.78 is 268. The number of rotatable bonds is 4. The molecule has 2 aliphatic rings.